The fourth-order valence-corrected chi connectivity index (χ4v) is 1.72. The molecule has 0 saturated heterocycles. The smallest absolute Gasteiger partial charge is 0.258 e. The number of hydrogen-bond acceptors (Lipinski definition) is 3. The van der Waals surface area contributed by atoms with Crippen molar-refractivity contribution in [3.63, 3.8) is 0 Å². The van der Waals surface area contributed by atoms with E-state index in [1.165, 1.54) is 24.3 Å². The average molecular weight is 287 g/mol. The number of hydrogen-bond donors (Lipinski definition) is 1. The molecule has 2 N–H and O–H groups in total. The second kappa shape index (κ2) is 6.17. The molecule has 0 aliphatic carbocycles. The fraction of sp³-hybridized carbons (Fsp3) is 0.125. The quantitative estimate of drug-likeness (QED) is 0.858. The molecule has 0 spiro atoms. The van der Waals surface area contributed by atoms with Gasteiger partial charge in [-0.25, -0.2) is 4.39 Å². The molecule has 2 rings (SSSR count). The SMILES string of the molecule is C[C@H](Oc1ccc(C(=O)c2ccc(F)cc2)cc1)C(N)=O. The van der Waals surface area contributed by atoms with Gasteiger partial charge in [0.25, 0.3) is 5.91 Å². The molecule has 108 valence electrons. The van der Waals surface area contributed by atoms with Gasteiger partial charge in [-0.15, -0.1) is 0 Å². The van der Waals surface area contributed by atoms with Crippen molar-refractivity contribution in [2.24, 2.45) is 5.73 Å². The van der Waals surface area contributed by atoms with Crippen LogP contribution in [0, 0.1) is 5.82 Å². The first-order valence-electron chi connectivity index (χ1n) is 6.33. The van der Waals surface area contributed by atoms with E-state index in [1.54, 1.807) is 31.2 Å². The first kappa shape index (κ1) is 14.7. The number of rotatable bonds is 5. The van der Waals surface area contributed by atoms with Gasteiger partial charge in [0.2, 0.25) is 0 Å². The largest absolute Gasteiger partial charge is 0.481 e. The second-order valence-corrected chi connectivity index (χ2v) is 4.52. The third-order valence-corrected chi connectivity index (χ3v) is 2.94. The summed E-state index contributed by atoms with van der Waals surface area (Å²) in [6.45, 7) is 1.54. The summed E-state index contributed by atoms with van der Waals surface area (Å²) in [5.41, 5.74) is 5.95. The van der Waals surface area contributed by atoms with Crippen LogP contribution in [-0.2, 0) is 4.79 Å². The minimum atomic E-state index is -0.747. The van der Waals surface area contributed by atoms with E-state index in [9.17, 15) is 14.0 Å². The zero-order valence-electron chi connectivity index (χ0n) is 11.4. The molecule has 1 atom stereocenters. The molecule has 2 aromatic rings. The van der Waals surface area contributed by atoms with Crippen LogP contribution in [0.4, 0.5) is 4.39 Å². The number of halogens is 1. The van der Waals surface area contributed by atoms with E-state index in [0.717, 1.165) is 0 Å². The Hall–Kier alpha value is -2.69. The highest BCUT2D eigenvalue weighted by atomic mass is 19.1. The zero-order valence-corrected chi connectivity index (χ0v) is 11.4. The van der Waals surface area contributed by atoms with E-state index < -0.39 is 17.8 Å². The van der Waals surface area contributed by atoms with Crippen molar-refractivity contribution >= 4 is 11.7 Å². The predicted octanol–water partition coefficient (Wildman–Crippen LogP) is 2.31. The minimum Gasteiger partial charge on any atom is -0.481 e. The number of nitrogens with two attached hydrogens (primary N) is 1. The van der Waals surface area contributed by atoms with Crippen LogP contribution in [0.25, 0.3) is 0 Å². The van der Waals surface area contributed by atoms with Gasteiger partial charge < -0.3 is 10.5 Å². The summed E-state index contributed by atoms with van der Waals surface area (Å²) >= 11 is 0. The van der Waals surface area contributed by atoms with E-state index in [4.69, 9.17) is 10.5 Å². The molecule has 5 heteroatoms. The van der Waals surface area contributed by atoms with Crippen LogP contribution in [0.1, 0.15) is 22.8 Å². The van der Waals surface area contributed by atoms with Crippen molar-refractivity contribution in [3.8, 4) is 5.75 Å². The molecule has 0 fully saturated rings. The lowest BCUT2D eigenvalue weighted by Gasteiger charge is -2.11. The molecular weight excluding hydrogens is 273 g/mol. The Morgan fingerprint density at radius 2 is 1.48 bits per heavy atom. The number of primary amides is 1. The second-order valence-electron chi connectivity index (χ2n) is 4.52. The number of carbonyl (C=O) groups is 2. The maximum atomic E-state index is 12.8. The molecule has 0 aliphatic rings. The van der Waals surface area contributed by atoms with E-state index >= 15 is 0 Å². The number of ether oxygens (including phenoxy) is 1. The summed E-state index contributed by atoms with van der Waals surface area (Å²) in [7, 11) is 0. The molecule has 0 aromatic heterocycles. The van der Waals surface area contributed by atoms with E-state index in [2.05, 4.69) is 0 Å². The van der Waals surface area contributed by atoms with Crippen molar-refractivity contribution in [2.45, 2.75) is 13.0 Å². The number of benzene rings is 2. The molecule has 0 bridgehead atoms. The Kier molecular flexibility index (Phi) is 4.33. The molecule has 2 aromatic carbocycles. The van der Waals surface area contributed by atoms with Crippen LogP contribution >= 0.6 is 0 Å². The summed E-state index contributed by atoms with van der Waals surface area (Å²) in [4.78, 5) is 23.1. The van der Waals surface area contributed by atoms with Gasteiger partial charge in [0, 0.05) is 11.1 Å². The lowest BCUT2D eigenvalue weighted by atomic mass is 10.0. The number of amides is 1. The molecule has 0 radical (unpaired) electrons. The van der Waals surface area contributed by atoms with Crippen LogP contribution in [-0.4, -0.2) is 17.8 Å². The van der Waals surface area contributed by atoms with Crippen molar-refractivity contribution < 1.29 is 18.7 Å². The van der Waals surface area contributed by atoms with Gasteiger partial charge in [0.05, 0.1) is 0 Å². The molecule has 0 heterocycles. The van der Waals surface area contributed by atoms with Crippen LogP contribution in [0.5, 0.6) is 5.75 Å². The highest BCUT2D eigenvalue weighted by Crippen LogP contribution is 2.17. The van der Waals surface area contributed by atoms with Gasteiger partial charge in [-0.3, -0.25) is 9.59 Å². The standard InChI is InChI=1S/C16H14FNO3/c1-10(16(18)20)21-14-8-4-12(5-9-14)15(19)11-2-6-13(17)7-3-11/h2-10H,1H3,(H2,18,20)/t10-/m0/s1. The Morgan fingerprint density at radius 1 is 1.00 bits per heavy atom. The Labute approximate surface area is 121 Å². The molecule has 0 saturated carbocycles. The molecule has 0 aliphatic heterocycles. The first-order chi connectivity index (χ1) is 9.97. The first-order valence-corrected chi connectivity index (χ1v) is 6.33. The molecular formula is C16H14FNO3. The van der Waals surface area contributed by atoms with Crippen molar-refractivity contribution in [1.82, 2.24) is 0 Å². The average Bonchev–Trinajstić information content (AvgIpc) is 2.48. The van der Waals surface area contributed by atoms with Crippen LogP contribution < -0.4 is 10.5 Å². The van der Waals surface area contributed by atoms with Gasteiger partial charge >= 0.3 is 0 Å². The Bertz CT molecular complexity index is 650. The lowest BCUT2D eigenvalue weighted by molar-refractivity contribution is -0.123. The van der Waals surface area contributed by atoms with Crippen LogP contribution in [0.3, 0.4) is 0 Å². The van der Waals surface area contributed by atoms with Crippen molar-refractivity contribution in [2.75, 3.05) is 0 Å². The maximum Gasteiger partial charge on any atom is 0.258 e. The fourth-order valence-electron chi connectivity index (χ4n) is 1.72. The topological polar surface area (TPSA) is 69.4 Å². The van der Waals surface area contributed by atoms with Gasteiger partial charge in [-0.05, 0) is 55.5 Å². The summed E-state index contributed by atoms with van der Waals surface area (Å²) in [5, 5.41) is 0. The van der Waals surface area contributed by atoms with E-state index in [1.807, 2.05) is 0 Å². The van der Waals surface area contributed by atoms with Crippen LogP contribution in [0.15, 0.2) is 48.5 Å². The summed E-state index contributed by atoms with van der Waals surface area (Å²) in [6, 6.07) is 11.6. The summed E-state index contributed by atoms with van der Waals surface area (Å²) in [6.07, 6.45) is -0.747. The monoisotopic (exact) mass is 287 g/mol. The third-order valence-electron chi connectivity index (χ3n) is 2.94. The van der Waals surface area contributed by atoms with Gasteiger partial charge in [-0.2, -0.15) is 0 Å². The summed E-state index contributed by atoms with van der Waals surface area (Å²) in [5.74, 6) is -0.737. The highest BCUT2D eigenvalue weighted by Gasteiger charge is 2.12. The Balaban J connectivity index is 2.13. The normalized spacial score (nSPS) is 11.7. The zero-order chi connectivity index (χ0) is 15.4. The van der Waals surface area contributed by atoms with Gasteiger partial charge in [0.1, 0.15) is 11.6 Å². The van der Waals surface area contributed by atoms with Crippen molar-refractivity contribution in [3.05, 3.63) is 65.5 Å². The molecule has 4 nitrogen and oxygen atoms in total. The number of carbonyl (C=O) groups excluding carboxylic acids is 2. The van der Waals surface area contributed by atoms with E-state index in [0.29, 0.717) is 16.9 Å². The highest BCUT2D eigenvalue weighted by molar-refractivity contribution is 6.09. The molecule has 0 unspecified atom stereocenters. The molecule has 1 amide bonds. The third kappa shape index (κ3) is 3.66. The van der Waals surface area contributed by atoms with E-state index in [-0.39, 0.29) is 5.78 Å². The van der Waals surface area contributed by atoms with Gasteiger partial charge in [-0.1, -0.05) is 0 Å². The maximum absolute atomic E-state index is 12.8. The molecule has 21 heavy (non-hydrogen) atoms. The lowest BCUT2D eigenvalue weighted by Crippen LogP contribution is -2.30. The summed E-state index contributed by atoms with van der Waals surface area (Å²) < 4.78 is 18.1. The van der Waals surface area contributed by atoms with Crippen molar-refractivity contribution in [1.29, 1.82) is 0 Å². The minimum absolute atomic E-state index is 0.218. The van der Waals surface area contributed by atoms with Gasteiger partial charge in [0.15, 0.2) is 11.9 Å². The predicted molar refractivity (Wildman–Crippen MR) is 75.6 cm³/mol. The van der Waals surface area contributed by atoms with Crippen LogP contribution in [0.2, 0.25) is 0 Å². The Morgan fingerprint density at radius 3 is 1.95 bits per heavy atom. The number of ketones is 1.